The van der Waals surface area contributed by atoms with Crippen LogP contribution in [0, 0.1) is 5.41 Å². The summed E-state index contributed by atoms with van der Waals surface area (Å²) in [7, 11) is 0. The van der Waals surface area contributed by atoms with E-state index >= 15 is 0 Å². The molecule has 0 unspecified atom stereocenters. The minimum Gasteiger partial charge on any atom is -0.481 e. The van der Waals surface area contributed by atoms with Crippen LogP contribution in [0.25, 0.3) is 0 Å². The first-order valence-electron chi connectivity index (χ1n) is 7.45. The normalized spacial score (nSPS) is 18.4. The first kappa shape index (κ1) is 14.5. The van der Waals surface area contributed by atoms with E-state index in [1.54, 1.807) is 0 Å². The average molecular weight is 240 g/mol. The smallest absolute Gasteiger partial charge is 0.309 e. The number of carbonyl (C=O) groups is 1. The Morgan fingerprint density at radius 3 is 2.06 bits per heavy atom. The van der Waals surface area contributed by atoms with Crippen molar-refractivity contribution in [2.24, 2.45) is 5.41 Å². The molecule has 1 rings (SSSR count). The van der Waals surface area contributed by atoms with Crippen LogP contribution in [-0.4, -0.2) is 11.1 Å². The molecule has 1 aliphatic carbocycles. The molecule has 0 atom stereocenters. The lowest BCUT2D eigenvalue weighted by Crippen LogP contribution is -2.27. The summed E-state index contributed by atoms with van der Waals surface area (Å²) in [5.74, 6) is -0.541. The maximum atomic E-state index is 11.3. The van der Waals surface area contributed by atoms with Gasteiger partial charge < -0.3 is 5.11 Å². The molecule has 2 nitrogen and oxygen atoms in total. The van der Waals surface area contributed by atoms with Crippen LogP contribution in [0.15, 0.2) is 0 Å². The first-order chi connectivity index (χ1) is 8.21. The van der Waals surface area contributed by atoms with Crippen molar-refractivity contribution in [2.75, 3.05) is 0 Å². The molecule has 1 N–H and O–H groups in total. The van der Waals surface area contributed by atoms with E-state index in [0.717, 1.165) is 38.5 Å². The monoisotopic (exact) mass is 240 g/mol. The van der Waals surface area contributed by atoms with Gasteiger partial charge in [0.15, 0.2) is 0 Å². The fraction of sp³-hybridized carbons (Fsp3) is 0.933. The fourth-order valence-electron chi connectivity index (χ4n) is 3.04. The Balaban J connectivity index is 2.10. The van der Waals surface area contributed by atoms with Crippen LogP contribution in [0.4, 0.5) is 0 Å². The summed E-state index contributed by atoms with van der Waals surface area (Å²) in [6, 6.07) is 0. The summed E-state index contributed by atoms with van der Waals surface area (Å²) >= 11 is 0. The highest BCUT2D eigenvalue weighted by Crippen LogP contribution is 2.42. The van der Waals surface area contributed by atoms with Crippen LogP contribution >= 0.6 is 0 Å². The van der Waals surface area contributed by atoms with Gasteiger partial charge in [0.2, 0.25) is 0 Å². The number of rotatable bonds is 9. The molecule has 0 radical (unpaired) electrons. The first-order valence-corrected chi connectivity index (χ1v) is 7.45. The van der Waals surface area contributed by atoms with Crippen LogP contribution < -0.4 is 0 Å². The van der Waals surface area contributed by atoms with Crippen LogP contribution in [0.1, 0.15) is 84.0 Å². The highest BCUT2D eigenvalue weighted by molar-refractivity contribution is 5.74. The molecule has 1 fully saturated rings. The maximum Gasteiger partial charge on any atom is 0.309 e. The standard InChI is InChI=1S/C15H28O2/c1-2-3-4-5-6-7-8-11-15(14(16)17)12-9-10-13-15/h2-13H2,1H3,(H,16,17). The minimum atomic E-state index is -0.541. The number of hydrogen-bond acceptors (Lipinski definition) is 1. The maximum absolute atomic E-state index is 11.3. The molecule has 17 heavy (non-hydrogen) atoms. The molecule has 0 aromatic rings. The van der Waals surface area contributed by atoms with Gasteiger partial charge in [-0.2, -0.15) is 0 Å². The van der Waals surface area contributed by atoms with Crippen LogP contribution in [0.3, 0.4) is 0 Å². The Morgan fingerprint density at radius 2 is 1.53 bits per heavy atom. The Bertz CT molecular complexity index is 217. The van der Waals surface area contributed by atoms with Crippen molar-refractivity contribution in [3.63, 3.8) is 0 Å². The summed E-state index contributed by atoms with van der Waals surface area (Å²) in [4.78, 5) is 11.3. The van der Waals surface area contributed by atoms with Gasteiger partial charge in [0.25, 0.3) is 0 Å². The lowest BCUT2D eigenvalue weighted by atomic mass is 9.81. The molecular formula is C15H28O2. The van der Waals surface area contributed by atoms with Gasteiger partial charge in [-0.15, -0.1) is 0 Å². The third-order valence-electron chi connectivity index (χ3n) is 4.27. The van der Waals surface area contributed by atoms with E-state index in [4.69, 9.17) is 0 Å². The molecule has 0 spiro atoms. The molecule has 0 aliphatic heterocycles. The quantitative estimate of drug-likeness (QED) is 0.589. The molecular weight excluding hydrogens is 212 g/mol. The Morgan fingerprint density at radius 1 is 1.00 bits per heavy atom. The fourth-order valence-corrected chi connectivity index (χ4v) is 3.04. The number of aliphatic carboxylic acids is 1. The molecule has 0 aromatic heterocycles. The average Bonchev–Trinajstić information content (AvgIpc) is 2.78. The second-order valence-electron chi connectivity index (χ2n) is 5.66. The van der Waals surface area contributed by atoms with Crippen molar-refractivity contribution in [3.05, 3.63) is 0 Å². The van der Waals surface area contributed by atoms with Crippen molar-refractivity contribution in [2.45, 2.75) is 84.0 Å². The van der Waals surface area contributed by atoms with E-state index in [1.165, 1.54) is 38.5 Å². The van der Waals surface area contributed by atoms with Crippen molar-refractivity contribution in [1.29, 1.82) is 0 Å². The number of carboxylic acids is 1. The van der Waals surface area contributed by atoms with E-state index in [2.05, 4.69) is 6.92 Å². The van der Waals surface area contributed by atoms with Crippen molar-refractivity contribution in [1.82, 2.24) is 0 Å². The zero-order valence-corrected chi connectivity index (χ0v) is 11.3. The molecule has 0 heterocycles. The summed E-state index contributed by atoms with van der Waals surface area (Å²) < 4.78 is 0. The van der Waals surface area contributed by atoms with E-state index in [-0.39, 0.29) is 5.41 Å². The molecule has 0 amide bonds. The number of unbranched alkanes of at least 4 members (excludes halogenated alkanes) is 6. The molecule has 1 saturated carbocycles. The highest BCUT2D eigenvalue weighted by atomic mass is 16.4. The summed E-state index contributed by atoms with van der Waals surface area (Å²) in [6.45, 7) is 2.23. The van der Waals surface area contributed by atoms with Crippen molar-refractivity contribution < 1.29 is 9.90 Å². The highest BCUT2D eigenvalue weighted by Gasteiger charge is 2.40. The minimum absolute atomic E-state index is 0.344. The summed E-state index contributed by atoms with van der Waals surface area (Å²) in [5.41, 5.74) is -0.344. The van der Waals surface area contributed by atoms with Crippen molar-refractivity contribution in [3.8, 4) is 0 Å². The van der Waals surface area contributed by atoms with E-state index in [0.29, 0.717) is 0 Å². The third-order valence-corrected chi connectivity index (χ3v) is 4.27. The topological polar surface area (TPSA) is 37.3 Å². The summed E-state index contributed by atoms with van der Waals surface area (Å²) in [6.07, 6.45) is 13.9. The van der Waals surface area contributed by atoms with Gasteiger partial charge in [0, 0.05) is 0 Å². The zero-order valence-electron chi connectivity index (χ0n) is 11.3. The summed E-state index contributed by atoms with van der Waals surface area (Å²) in [5, 5.41) is 9.34. The van der Waals surface area contributed by atoms with Gasteiger partial charge in [-0.1, -0.05) is 64.7 Å². The molecule has 0 saturated heterocycles. The van der Waals surface area contributed by atoms with E-state index in [1.807, 2.05) is 0 Å². The lowest BCUT2D eigenvalue weighted by Gasteiger charge is -2.23. The molecule has 0 bridgehead atoms. The van der Waals surface area contributed by atoms with Crippen molar-refractivity contribution >= 4 is 5.97 Å². The predicted octanol–water partition coefficient (Wildman–Crippen LogP) is 4.77. The van der Waals surface area contributed by atoms with Gasteiger partial charge >= 0.3 is 5.97 Å². The second kappa shape index (κ2) is 7.73. The molecule has 100 valence electrons. The van der Waals surface area contributed by atoms with Gasteiger partial charge in [-0.05, 0) is 19.3 Å². The van der Waals surface area contributed by atoms with Crippen LogP contribution in [0.5, 0.6) is 0 Å². The van der Waals surface area contributed by atoms with Crippen LogP contribution in [0.2, 0.25) is 0 Å². The van der Waals surface area contributed by atoms with Gasteiger partial charge in [-0.3, -0.25) is 4.79 Å². The Hall–Kier alpha value is -0.530. The largest absolute Gasteiger partial charge is 0.481 e. The number of carboxylic acid groups (broad SMARTS) is 1. The molecule has 1 aliphatic rings. The molecule has 0 aromatic carbocycles. The predicted molar refractivity (Wildman–Crippen MR) is 71.1 cm³/mol. The van der Waals surface area contributed by atoms with E-state index in [9.17, 15) is 9.90 Å². The molecule has 2 heteroatoms. The van der Waals surface area contributed by atoms with Crippen LogP contribution in [-0.2, 0) is 4.79 Å². The SMILES string of the molecule is CCCCCCCCCC1(C(=O)O)CCCC1. The van der Waals surface area contributed by atoms with Gasteiger partial charge in [-0.25, -0.2) is 0 Å². The Labute approximate surface area is 106 Å². The van der Waals surface area contributed by atoms with Gasteiger partial charge in [0.1, 0.15) is 0 Å². The number of hydrogen-bond donors (Lipinski definition) is 1. The Kier molecular flexibility index (Phi) is 6.61. The van der Waals surface area contributed by atoms with E-state index < -0.39 is 5.97 Å². The second-order valence-corrected chi connectivity index (χ2v) is 5.66. The zero-order chi connectivity index (χ0) is 12.6. The lowest BCUT2D eigenvalue weighted by molar-refractivity contribution is -0.149. The third kappa shape index (κ3) is 4.69. The van der Waals surface area contributed by atoms with Gasteiger partial charge in [0.05, 0.1) is 5.41 Å².